The van der Waals surface area contributed by atoms with Gasteiger partial charge in [-0.25, -0.2) is 21.9 Å². The highest BCUT2D eigenvalue weighted by molar-refractivity contribution is 7.89. The lowest BCUT2D eigenvalue weighted by Gasteiger charge is -2.24. The first-order valence-corrected chi connectivity index (χ1v) is 8.17. The lowest BCUT2D eigenvalue weighted by molar-refractivity contribution is 0.248. The van der Waals surface area contributed by atoms with E-state index in [1.165, 1.54) is 0 Å². The van der Waals surface area contributed by atoms with Crippen molar-refractivity contribution in [1.82, 2.24) is 9.62 Å². The molecule has 0 amide bonds. The van der Waals surface area contributed by atoms with E-state index >= 15 is 0 Å². The number of anilines is 1. The number of hydrogen-bond donors (Lipinski definition) is 2. The zero-order valence-electron chi connectivity index (χ0n) is 11.9. The number of nitrogens with zero attached hydrogens (tertiary/aromatic N) is 1. The van der Waals surface area contributed by atoms with Crippen molar-refractivity contribution >= 4 is 15.7 Å². The van der Waals surface area contributed by atoms with Gasteiger partial charge in [0.2, 0.25) is 10.0 Å². The van der Waals surface area contributed by atoms with Crippen LogP contribution in [0.25, 0.3) is 0 Å². The van der Waals surface area contributed by atoms with Crippen LogP contribution in [-0.4, -0.2) is 39.0 Å². The normalized spacial score (nSPS) is 17.2. The van der Waals surface area contributed by atoms with Gasteiger partial charge in [0.15, 0.2) is 11.6 Å². The Morgan fingerprint density at radius 2 is 2.05 bits per heavy atom. The number of benzene rings is 1. The maximum absolute atomic E-state index is 13.6. The van der Waals surface area contributed by atoms with Crippen LogP contribution in [0.5, 0.6) is 0 Å². The van der Waals surface area contributed by atoms with Gasteiger partial charge in [-0.3, -0.25) is 4.90 Å². The molecule has 1 aliphatic rings. The van der Waals surface area contributed by atoms with Crippen LogP contribution in [0.3, 0.4) is 0 Å². The van der Waals surface area contributed by atoms with Crippen LogP contribution in [0.15, 0.2) is 17.0 Å². The van der Waals surface area contributed by atoms with Gasteiger partial charge in [-0.15, -0.1) is 0 Å². The number of hydrogen-bond acceptors (Lipinski definition) is 4. The van der Waals surface area contributed by atoms with E-state index in [9.17, 15) is 17.2 Å². The molecule has 0 bridgehead atoms. The smallest absolute Gasteiger partial charge is 0.243 e. The second-order valence-electron chi connectivity index (χ2n) is 5.41. The summed E-state index contributed by atoms with van der Waals surface area (Å²) in [6.07, 6.45) is 2.20. The van der Waals surface area contributed by atoms with Crippen LogP contribution >= 0.6 is 0 Å². The average Bonchev–Trinajstić information content (AvgIpc) is 3.23. The number of nitrogen functional groups attached to an aromatic ring is 1. The minimum absolute atomic E-state index is 0.0405. The van der Waals surface area contributed by atoms with Gasteiger partial charge in [-0.2, -0.15) is 0 Å². The molecule has 8 heteroatoms. The van der Waals surface area contributed by atoms with Gasteiger partial charge in [0.05, 0.1) is 0 Å². The highest BCUT2D eigenvalue weighted by Crippen LogP contribution is 2.27. The van der Waals surface area contributed by atoms with Crippen LogP contribution in [0.1, 0.15) is 19.8 Å². The largest absolute Gasteiger partial charge is 0.399 e. The minimum atomic E-state index is -4.14. The topological polar surface area (TPSA) is 75.4 Å². The van der Waals surface area contributed by atoms with E-state index in [1.807, 2.05) is 14.0 Å². The molecule has 21 heavy (non-hydrogen) atoms. The Labute approximate surface area is 123 Å². The van der Waals surface area contributed by atoms with Crippen molar-refractivity contribution < 1.29 is 17.2 Å². The van der Waals surface area contributed by atoms with Gasteiger partial charge < -0.3 is 5.73 Å². The fourth-order valence-electron chi connectivity index (χ4n) is 2.07. The molecule has 1 aromatic rings. The number of halogens is 2. The third-order valence-electron chi connectivity index (χ3n) is 3.69. The molecule has 1 aliphatic carbocycles. The molecule has 0 aromatic heterocycles. The Morgan fingerprint density at radius 3 is 2.62 bits per heavy atom. The van der Waals surface area contributed by atoms with E-state index in [-0.39, 0.29) is 18.3 Å². The van der Waals surface area contributed by atoms with E-state index in [2.05, 4.69) is 9.62 Å². The van der Waals surface area contributed by atoms with Crippen LogP contribution in [0, 0.1) is 11.6 Å². The first-order chi connectivity index (χ1) is 9.72. The summed E-state index contributed by atoms with van der Waals surface area (Å²) >= 11 is 0. The van der Waals surface area contributed by atoms with E-state index in [0.29, 0.717) is 6.04 Å². The van der Waals surface area contributed by atoms with Crippen molar-refractivity contribution in [3.05, 3.63) is 23.8 Å². The number of likely N-dealkylation sites (N-methyl/N-ethyl adjacent to an activating group) is 1. The molecule has 5 nitrogen and oxygen atoms in total. The number of nitrogens with two attached hydrogens (primary N) is 1. The number of sulfonamides is 1. The van der Waals surface area contributed by atoms with Crippen molar-refractivity contribution in [2.24, 2.45) is 0 Å². The first kappa shape index (κ1) is 16.1. The number of rotatable bonds is 6. The molecule has 1 atom stereocenters. The van der Waals surface area contributed by atoms with Crippen molar-refractivity contribution in [3.63, 3.8) is 0 Å². The SMILES string of the molecule is CC(CNS(=O)(=O)c1cc(N)cc(F)c1F)N(C)C1CC1. The zero-order chi connectivity index (χ0) is 15.8. The van der Waals surface area contributed by atoms with Crippen LogP contribution in [0.4, 0.5) is 14.5 Å². The Bertz CT molecular complexity index is 633. The summed E-state index contributed by atoms with van der Waals surface area (Å²) in [4.78, 5) is 1.31. The molecule has 2 rings (SSSR count). The van der Waals surface area contributed by atoms with Gasteiger partial charge in [0.25, 0.3) is 0 Å². The summed E-state index contributed by atoms with van der Waals surface area (Å²) < 4.78 is 53.4. The third kappa shape index (κ3) is 3.69. The van der Waals surface area contributed by atoms with Gasteiger partial charge in [-0.05, 0) is 38.9 Å². The molecule has 1 saturated carbocycles. The van der Waals surface area contributed by atoms with Crippen LogP contribution in [0.2, 0.25) is 0 Å². The summed E-state index contributed by atoms with van der Waals surface area (Å²) in [6.45, 7) is 1.99. The van der Waals surface area contributed by atoms with Crippen molar-refractivity contribution in [1.29, 1.82) is 0 Å². The summed E-state index contributed by atoms with van der Waals surface area (Å²) in [7, 11) is -2.23. The van der Waals surface area contributed by atoms with E-state index in [1.54, 1.807) is 0 Å². The maximum Gasteiger partial charge on any atom is 0.243 e. The second kappa shape index (κ2) is 5.86. The monoisotopic (exact) mass is 319 g/mol. The van der Waals surface area contributed by atoms with Gasteiger partial charge >= 0.3 is 0 Å². The fourth-order valence-corrected chi connectivity index (χ4v) is 3.31. The van der Waals surface area contributed by atoms with Gasteiger partial charge in [-0.1, -0.05) is 0 Å². The van der Waals surface area contributed by atoms with Crippen molar-refractivity contribution in [2.75, 3.05) is 19.3 Å². The van der Waals surface area contributed by atoms with Gasteiger partial charge in [0, 0.05) is 24.3 Å². The third-order valence-corrected chi connectivity index (χ3v) is 5.12. The van der Waals surface area contributed by atoms with Crippen LogP contribution in [-0.2, 0) is 10.0 Å². The highest BCUT2D eigenvalue weighted by atomic mass is 32.2. The lowest BCUT2D eigenvalue weighted by Crippen LogP contribution is -2.41. The Hall–Kier alpha value is -1.25. The molecule has 0 heterocycles. The molecule has 118 valence electrons. The molecule has 0 spiro atoms. The highest BCUT2D eigenvalue weighted by Gasteiger charge is 2.30. The van der Waals surface area contributed by atoms with Crippen molar-refractivity contribution in [2.45, 2.75) is 36.7 Å². The standard InChI is InChI=1S/C13H19F2N3O2S/c1-8(18(2)10-3-4-10)7-17-21(19,20)12-6-9(16)5-11(14)13(12)15/h5-6,8,10,17H,3-4,7,16H2,1-2H3. The second-order valence-corrected chi connectivity index (χ2v) is 7.15. The predicted octanol–water partition coefficient (Wildman–Crippen LogP) is 1.31. The van der Waals surface area contributed by atoms with Crippen molar-refractivity contribution in [3.8, 4) is 0 Å². The quantitative estimate of drug-likeness (QED) is 0.775. The summed E-state index contributed by atoms with van der Waals surface area (Å²) in [5, 5.41) is 0. The zero-order valence-corrected chi connectivity index (χ0v) is 12.8. The molecule has 1 unspecified atom stereocenters. The van der Waals surface area contributed by atoms with E-state index < -0.39 is 26.6 Å². The molecule has 3 N–H and O–H groups in total. The predicted molar refractivity (Wildman–Crippen MR) is 76.2 cm³/mol. The molecular formula is C13H19F2N3O2S. The Balaban J connectivity index is 2.11. The Morgan fingerprint density at radius 1 is 1.43 bits per heavy atom. The molecule has 1 fully saturated rings. The van der Waals surface area contributed by atoms with Gasteiger partial charge in [0.1, 0.15) is 4.90 Å². The molecule has 0 radical (unpaired) electrons. The number of nitrogens with one attached hydrogen (secondary N) is 1. The lowest BCUT2D eigenvalue weighted by atomic mass is 10.3. The van der Waals surface area contributed by atoms with Crippen LogP contribution < -0.4 is 10.5 Å². The molecule has 0 aliphatic heterocycles. The molecule has 1 aromatic carbocycles. The minimum Gasteiger partial charge on any atom is -0.399 e. The Kier molecular flexibility index (Phi) is 4.50. The fraction of sp³-hybridized carbons (Fsp3) is 0.538. The molecule has 0 saturated heterocycles. The average molecular weight is 319 g/mol. The summed E-state index contributed by atoms with van der Waals surface area (Å²) in [5.74, 6) is -2.70. The summed E-state index contributed by atoms with van der Waals surface area (Å²) in [6, 6.07) is 2.10. The first-order valence-electron chi connectivity index (χ1n) is 6.68. The maximum atomic E-state index is 13.6. The van der Waals surface area contributed by atoms with E-state index in [0.717, 1.165) is 25.0 Å². The summed E-state index contributed by atoms with van der Waals surface area (Å²) in [5.41, 5.74) is 5.23. The van der Waals surface area contributed by atoms with E-state index in [4.69, 9.17) is 5.73 Å². The molecular weight excluding hydrogens is 300 g/mol.